The quantitative estimate of drug-likeness (QED) is 0.825. The van der Waals surface area contributed by atoms with E-state index in [4.69, 9.17) is 4.74 Å². The first-order valence-corrected chi connectivity index (χ1v) is 7.87. The van der Waals surface area contributed by atoms with Gasteiger partial charge >= 0.3 is 0 Å². The summed E-state index contributed by atoms with van der Waals surface area (Å²) in [6, 6.07) is 11.2. The fourth-order valence-corrected chi connectivity index (χ4v) is 2.59. The highest BCUT2D eigenvalue weighted by molar-refractivity contribution is 9.10. The van der Waals surface area contributed by atoms with Gasteiger partial charge in [0.05, 0.1) is 4.47 Å². The van der Waals surface area contributed by atoms with E-state index in [1.807, 2.05) is 12.1 Å². The number of halogens is 2. The molecule has 1 N–H and O–H groups in total. The van der Waals surface area contributed by atoms with Crippen molar-refractivity contribution in [1.82, 2.24) is 5.32 Å². The van der Waals surface area contributed by atoms with Crippen LogP contribution >= 0.6 is 15.9 Å². The number of rotatable bonds is 5. The normalized spacial score (nSPS) is 14.2. The molecule has 1 fully saturated rings. The molecule has 0 unspecified atom stereocenters. The Morgan fingerprint density at radius 3 is 2.71 bits per heavy atom. The molecule has 3 rings (SSSR count). The molecule has 2 nitrogen and oxygen atoms in total. The molecule has 0 amide bonds. The van der Waals surface area contributed by atoms with Crippen LogP contribution in [0.3, 0.4) is 0 Å². The zero-order valence-electron chi connectivity index (χ0n) is 11.8. The van der Waals surface area contributed by atoms with E-state index in [1.165, 1.54) is 36.1 Å². The lowest BCUT2D eigenvalue weighted by Crippen LogP contribution is -2.15. The second-order valence-corrected chi connectivity index (χ2v) is 6.27. The van der Waals surface area contributed by atoms with Crippen molar-refractivity contribution in [3.63, 3.8) is 0 Å². The van der Waals surface area contributed by atoms with Gasteiger partial charge in [-0.15, -0.1) is 0 Å². The molecule has 0 saturated heterocycles. The summed E-state index contributed by atoms with van der Waals surface area (Å²) >= 11 is 3.31. The minimum Gasteiger partial charge on any atom is -0.456 e. The van der Waals surface area contributed by atoms with Crippen LogP contribution in [0, 0.1) is 12.7 Å². The summed E-state index contributed by atoms with van der Waals surface area (Å²) in [5.41, 5.74) is 2.48. The van der Waals surface area contributed by atoms with Crippen LogP contribution in [0.2, 0.25) is 0 Å². The zero-order valence-corrected chi connectivity index (χ0v) is 13.4. The SMILES string of the molecule is Cc1cc(Oc2ccc(F)cc2Br)ccc1CNC1CC1. The lowest BCUT2D eigenvalue weighted by atomic mass is 10.1. The number of hydrogen-bond donors (Lipinski definition) is 1. The predicted octanol–water partition coefficient (Wildman–Crippen LogP) is 4.94. The van der Waals surface area contributed by atoms with Crippen LogP contribution in [0.4, 0.5) is 4.39 Å². The second kappa shape index (κ2) is 6.16. The minimum absolute atomic E-state index is 0.285. The summed E-state index contributed by atoms with van der Waals surface area (Å²) in [6.07, 6.45) is 2.58. The van der Waals surface area contributed by atoms with Crippen LogP contribution in [-0.2, 0) is 6.54 Å². The first-order valence-electron chi connectivity index (χ1n) is 7.07. The standard InChI is InChI=1S/C17H17BrFNO/c1-11-8-15(6-2-12(11)10-20-14-4-5-14)21-17-7-3-13(19)9-16(17)18/h2-3,6-9,14,20H,4-5,10H2,1H3. The van der Waals surface area contributed by atoms with Gasteiger partial charge in [-0.3, -0.25) is 0 Å². The lowest BCUT2D eigenvalue weighted by molar-refractivity contribution is 0.476. The van der Waals surface area contributed by atoms with Crippen molar-refractivity contribution in [1.29, 1.82) is 0 Å². The number of nitrogens with one attached hydrogen (secondary N) is 1. The van der Waals surface area contributed by atoms with Gasteiger partial charge in [0.25, 0.3) is 0 Å². The lowest BCUT2D eigenvalue weighted by Gasteiger charge is -2.11. The van der Waals surface area contributed by atoms with Crippen molar-refractivity contribution in [3.8, 4) is 11.5 Å². The molecule has 21 heavy (non-hydrogen) atoms. The van der Waals surface area contributed by atoms with Crippen LogP contribution in [0.25, 0.3) is 0 Å². The van der Waals surface area contributed by atoms with Crippen molar-refractivity contribution >= 4 is 15.9 Å². The van der Waals surface area contributed by atoms with Crippen molar-refractivity contribution in [2.24, 2.45) is 0 Å². The summed E-state index contributed by atoms with van der Waals surface area (Å²) in [5.74, 6) is 1.08. The van der Waals surface area contributed by atoms with Crippen LogP contribution < -0.4 is 10.1 Å². The van der Waals surface area contributed by atoms with Gasteiger partial charge in [-0.05, 0) is 77.2 Å². The maximum absolute atomic E-state index is 13.1. The van der Waals surface area contributed by atoms with Crippen LogP contribution in [0.15, 0.2) is 40.9 Å². The molecule has 0 heterocycles. The fraction of sp³-hybridized carbons (Fsp3) is 0.294. The molecule has 0 radical (unpaired) electrons. The Morgan fingerprint density at radius 1 is 1.24 bits per heavy atom. The Balaban J connectivity index is 1.71. The Labute approximate surface area is 132 Å². The summed E-state index contributed by atoms with van der Waals surface area (Å²) in [7, 11) is 0. The maximum atomic E-state index is 13.1. The number of aryl methyl sites for hydroxylation is 1. The van der Waals surface area contributed by atoms with E-state index in [0.717, 1.165) is 12.3 Å². The smallest absolute Gasteiger partial charge is 0.141 e. The van der Waals surface area contributed by atoms with Gasteiger partial charge in [0, 0.05) is 12.6 Å². The van der Waals surface area contributed by atoms with Crippen molar-refractivity contribution < 1.29 is 9.13 Å². The molecule has 2 aromatic carbocycles. The average Bonchev–Trinajstić information content (AvgIpc) is 3.25. The van der Waals surface area contributed by atoms with Gasteiger partial charge in [-0.2, -0.15) is 0 Å². The van der Waals surface area contributed by atoms with Gasteiger partial charge in [0.2, 0.25) is 0 Å². The Hall–Kier alpha value is -1.39. The van der Waals surface area contributed by atoms with Gasteiger partial charge in [0.15, 0.2) is 0 Å². The van der Waals surface area contributed by atoms with Gasteiger partial charge in [0.1, 0.15) is 17.3 Å². The molecule has 2 aromatic rings. The van der Waals surface area contributed by atoms with Crippen LogP contribution in [-0.4, -0.2) is 6.04 Å². The molecular formula is C17H17BrFNO. The highest BCUT2D eigenvalue weighted by atomic mass is 79.9. The molecular weight excluding hydrogens is 333 g/mol. The Morgan fingerprint density at radius 2 is 2.05 bits per heavy atom. The first kappa shape index (κ1) is 14.5. The molecule has 1 aliphatic rings. The van der Waals surface area contributed by atoms with E-state index in [0.29, 0.717) is 16.3 Å². The van der Waals surface area contributed by atoms with Gasteiger partial charge < -0.3 is 10.1 Å². The van der Waals surface area contributed by atoms with E-state index >= 15 is 0 Å². The summed E-state index contributed by atoms with van der Waals surface area (Å²) < 4.78 is 19.5. The monoisotopic (exact) mass is 349 g/mol. The van der Waals surface area contributed by atoms with Gasteiger partial charge in [-0.25, -0.2) is 4.39 Å². The highest BCUT2D eigenvalue weighted by Crippen LogP contribution is 2.31. The van der Waals surface area contributed by atoms with Crippen molar-refractivity contribution in [2.45, 2.75) is 32.4 Å². The number of hydrogen-bond acceptors (Lipinski definition) is 2. The third-order valence-electron chi connectivity index (χ3n) is 3.59. The molecule has 110 valence electrons. The molecule has 0 atom stereocenters. The third-order valence-corrected chi connectivity index (χ3v) is 4.21. The molecule has 0 aromatic heterocycles. The van der Waals surface area contributed by atoms with Crippen LogP contribution in [0.5, 0.6) is 11.5 Å². The van der Waals surface area contributed by atoms with E-state index in [2.05, 4.69) is 34.2 Å². The molecule has 0 bridgehead atoms. The first-order chi connectivity index (χ1) is 10.1. The topological polar surface area (TPSA) is 21.3 Å². The molecule has 1 aliphatic carbocycles. The average molecular weight is 350 g/mol. The fourth-order valence-electron chi connectivity index (χ4n) is 2.16. The molecule has 0 spiro atoms. The zero-order chi connectivity index (χ0) is 14.8. The molecule has 0 aliphatic heterocycles. The van der Waals surface area contributed by atoms with E-state index < -0.39 is 0 Å². The second-order valence-electron chi connectivity index (χ2n) is 5.42. The van der Waals surface area contributed by atoms with Crippen LogP contribution in [0.1, 0.15) is 24.0 Å². The van der Waals surface area contributed by atoms with E-state index in [9.17, 15) is 4.39 Å². The number of ether oxygens (including phenoxy) is 1. The van der Waals surface area contributed by atoms with Crippen molar-refractivity contribution in [3.05, 3.63) is 57.8 Å². The summed E-state index contributed by atoms with van der Waals surface area (Å²) in [4.78, 5) is 0. The maximum Gasteiger partial charge on any atom is 0.141 e. The Bertz CT molecular complexity index is 655. The molecule has 1 saturated carbocycles. The minimum atomic E-state index is -0.285. The van der Waals surface area contributed by atoms with Gasteiger partial charge in [-0.1, -0.05) is 6.07 Å². The third kappa shape index (κ3) is 3.83. The van der Waals surface area contributed by atoms with Crippen molar-refractivity contribution in [2.75, 3.05) is 0 Å². The summed E-state index contributed by atoms with van der Waals surface area (Å²) in [6.45, 7) is 2.98. The van der Waals surface area contributed by atoms with E-state index in [1.54, 1.807) is 6.07 Å². The Kier molecular flexibility index (Phi) is 4.27. The molecule has 4 heteroatoms. The predicted molar refractivity (Wildman–Crippen MR) is 85.2 cm³/mol. The number of benzene rings is 2. The summed E-state index contributed by atoms with van der Waals surface area (Å²) in [5, 5.41) is 3.51. The largest absolute Gasteiger partial charge is 0.456 e. The van der Waals surface area contributed by atoms with E-state index in [-0.39, 0.29) is 5.82 Å². The highest BCUT2D eigenvalue weighted by Gasteiger charge is 2.20.